The van der Waals surface area contributed by atoms with Gasteiger partial charge in [0.25, 0.3) is 5.91 Å². The fraction of sp³-hybridized carbons (Fsp3) is 0.261. The molecule has 1 aliphatic heterocycles. The molecule has 2 heterocycles. The number of carbonyl (C=O) groups excluding carboxylic acids is 1. The summed E-state index contributed by atoms with van der Waals surface area (Å²) in [6.07, 6.45) is -5.50. The van der Waals surface area contributed by atoms with Crippen LogP contribution in [0.3, 0.4) is 0 Å². The van der Waals surface area contributed by atoms with Crippen LogP contribution >= 0.6 is 0 Å². The van der Waals surface area contributed by atoms with Crippen molar-refractivity contribution in [3.63, 3.8) is 0 Å². The van der Waals surface area contributed by atoms with Crippen LogP contribution in [0.4, 0.5) is 13.2 Å². The number of aliphatic hydroxyl groups excluding tert-OH is 1. The van der Waals surface area contributed by atoms with E-state index in [-0.39, 0.29) is 30.2 Å². The minimum Gasteiger partial charge on any atom is -0.496 e. The highest BCUT2D eigenvalue weighted by Crippen LogP contribution is 2.40. The number of carbonyl (C=O) groups is 1. The zero-order chi connectivity index (χ0) is 23.0. The largest absolute Gasteiger partial charge is 0.496 e. The molecule has 4 rings (SSSR count). The van der Waals surface area contributed by atoms with Gasteiger partial charge in [0, 0.05) is 16.7 Å². The number of ether oxygens (including phenoxy) is 2. The zero-order valence-corrected chi connectivity index (χ0v) is 17.3. The van der Waals surface area contributed by atoms with Crippen LogP contribution in [0.25, 0.3) is 11.3 Å². The Labute approximate surface area is 181 Å². The summed E-state index contributed by atoms with van der Waals surface area (Å²) >= 11 is 0. The number of amides is 1. The van der Waals surface area contributed by atoms with Crippen molar-refractivity contribution >= 4 is 5.91 Å². The Kier molecular flexibility index (Phi) is 5.60. The Balaban J connectivity index is 1.62. The van der Waals surface area contributed by atoms with E-state index in [1.807, 2.05) is 0 Å². The molecule has 0 saturated carbocycles. The minimum atomic E-state index is -4.49. The number of methoxy groups -OCH3 is 2. The highest BCUT2D eigenvalue weighted by molar-refractivity contribution is 5.92. The molecule has 0 aliphatic carbocycles. The third-order valence-electron chi connectivity index (χ3n) is 5.37. The molecule has 0 spiro atoms. The number of rotatable bonds is 4. The van der Waals surface area contributed by atoms with Crippen LogP contribution in [0.15, 0.2) is 52.9 Å². The van der Waals surface area contributed by atoms with Gasteiger partial charge in [0.1, 0.15) is 23.4 Å². The number of fused-ring (bicyclic) bond motifs is 1. The summed E-state index contributed by atoms with van der Waals surface area (Å²) < 4.78 is 55.3. The molecule has 0 bridgehead atoms. The van der Waals surface area contributed by atoms with Crippen molar-refractivity contribution in [1.29, 1.82) is 0 Å². The van der Waals surface area contributed by atoms with Crippen molar-refractivity contribution in [2.75, 3.05) is 20.8 Å². The summed E-state index contributed by atoms with van der Waals surface area (Å²) in [5.74, 6) is 0.580. The van der Waals surface area contributed by atoms with Crippen molar-refractivity contribution in [1.82, 2.24) is 4.90 Å². The first kappa shape index (κ1) is 21.8. The van der Waals surface area contributed by atoms with E-state index in [2.05, 4.69) is 0 Å². The van der Waals surface area contributed by atoms with Crippen molar-refractivity contribution in [2.45, 2.75) is 18.8 Å². The molecule has 0 fully saturated rings. The van der Waals surface area contributed by atoms with Crippen LogP contribution in [0.1, 0.15) is 33.3 Å². The van der Waals surface area contributed by atoms with E-state index in [0.29, 0.717) is 22.6 Å². The topological polar surface area (TPSA) is 72.1 Å². The molecule has 1 unspecified atom stereocenters. The van der Waals surface area contributed by atoms with Crippen LogP contribution in [0, 0.1) is 0 Å². The van der Waals surface area contributed by atoms with Gasteiger partial charge in [0.05, 0.1) is 32.9 Å². The van der Waals surface area contributed by atoms with E-state index in [1.54, 1.807) is 12.1 Å². The predicted octanol–water partition coefficient (Wildman–Crippen LogP) is 4.67. The number of hydrogen-bond donors (Lipinski definition) is 1. The second-order valence-corrected chi connectivity index (χ2v) is 7.31. The third-order valence-corrected chi connectivity index (χ3v) is 5.37. The van der Waals surface area contributed by atoms with Crippen molar-refractivity contribution in [3.05, 3.63) is 71.0 Å². The van der Waals surface area contributed by atoms with Crippen molar-refractivity contribution < 1.29 is 37.0 Å². The number of alkyl halides is 3. The first-order valence-electron chi connectivity index (χ1n) is 9.71. The summed E-state index contributed by atoms with van der Waals surface area (Å²) in [6.45, 7) is 0.139. The van der Waals surface area contributed by atoms with E-state index >= 15 is 0 Å². The molecular weight excluding hydrogens is 427 g/mol. The van der Waals surface area contributed by atoms with Crippen LogP contribution in [-0.4, -0.2) is 36.7 Å². The number of aliphatic hydroxyl groups is 1. The van der Waals surface area contributed by atoms with E-state index in [1.165, 1.54) is 43.4 Å². The van der Waals surface area contributed by atoms with Crippen LogP contribution in [-0.2, 0) is 12.7 Å². The second kappa shape index (κ2) is 8.23. The number of furan rings is 1. The molecule has 1 atom stereocenters. The fourth-order valence-corrected chi connectivity index (χ4v) is 3.84. The second-order valence-electron chi connectivity index (χ2n) is 7.31. The molecule has 0 saturated heterocycles. The third kappa shape index (κ3) is 3.91. The summed E-state index contributed by atoms with van der Waals surface area (Å²) in [6, 6.07) is 10.9. The lowest BCUT2D eigenvalue weighted by atomic mass is 9.95. The molecule has 2 aromatic carbocycles. The normalized spacial score (nSPS) is 15.9. The monoisotopic (exact) mass is 447 g/mol. The molecule has 1 amide bonds. The molecular formula is C23H20F3NO5. The zero-order valence-electron chi connectivity index (χ0n) is 17.3. The Hall–Kier alpha value is -3.46. The summed E-state index contributed by atoms with van der Waals surface area (Å²) in [5.41, 5.74) is 0.564. The number of benzene rings is 2. The molecule has 1 N–H and O–H groups in total. The molecule has 168 valence electrons. The fourth-order valence-electron chi connectivity index (χ4n) is 3.84. The van der Waals surface area contributed by atoms with E-state index < -0.39 is 23.8 Å². The van der Waals surface area contributed by atoms with Gasteiger partial charge in [-0.25, -0.2) is 0 Å². The average molecular weight is 447 g/mol. The van der Waals surface area contributed by atoms with Gasteiger partial charge < -0.3 is 23.9 Å². The Morgan fingerprint density at radius 3 is 2.50 bits per heavy atom. The maximum absolute atomic E-state index is 13.0. The van der Waals surface area contributed by atoms with E-state index in [4.69, 9.17) is 13.9 Å². The smallest absolute Gasteiger partial charge is 0.416 e. The molecule has 32 heavy (non-hydrogen) atoms. The Bertz CT molecular complexity index is 1150. The van der Waals surface area contributed by atoms with Gasteiger partial charge in [-0.15, -0.1) is 0 Å². The van der Waals surface area contributed by atoms with Gasteiger partial charge in [0.15, 0.2) is 5.76 Å². The van der Waals surface area contributed by atoms with Gasteiger partial charge in [0.2, 0.25) is 0 Å². The molecule has 1 aromatic heterocycles. The number of β-amino-alcohol motifs (C(OH)–C–C–N with tert-alkyl or cyclic N) is 1. The van der Waals surface area contributed by atoms with Gasteiger partial charge in [-0.1, -0.05) is 12.1 Å². The number of halogens is 3. The first-order chi connectivity index (χ1) is 15.2. The van der Waals surface area contributed by atoms with E-state index in [0.717, 1.165) is 12.1 Å². The summed E-state index contributed by atoms with van der Waals surface area (Å²) in [7, 11) is 2.98. The van der Waals surface area contributed by atoms with Gasteiger partial charge in [-0.05, 0) is 36.4 Å². The highest BCUT2D eigenvalue weighted by Gasteiger charge is 2.34. The predicted molar refractivity (Wildman–Crippen MR) is 108 cm³/mol. The lowest BCUT2D eigenvalue weighted by Crippen LogP contribution is -2.38. The minimum absolute atomic E-state index is 0.00501. The SMILES string of the molecule is COc1ccc(OC)c2c1CN(C(=O)c1ccc(-c3cccc(C(F)(F)F)c3)o1)CC2O. The molecule has 1 aliphatic rings. The quantitative estimate of drug-likeness (QED) is 0.629. The van der Waals surface area contributed by atoms with Gasteiger partial charge in [-0.3, -0.25) is 4.79 Å². The lowest BCUT2D eigenvalue weighted by Gasteiger charge is -2.33. The lowest BCUT2D eigenvalue weighted by molar-refractivity contribution is -0.137. The molecule has 3 aromatic rings. The van der Waals surface area contributed by atoms with E-state index in [9.17, 15) is 23.1 Å². The summed E-state index contributed by atoms with van der Waals surface area (Å²) in [5, 5.41) is 10.7. The molecule has 6 nitrogen and oxygen atoms in total. The maximum atomic E-state index is 13.0. The van der Waals surface area contributed by atoms with Crippen LogP contribution in [0.5, 0.6) is 11.5 Å². The van der Waals surface area contributed by atoms with Crippen molar-refractivity contribution in [2.24, 2.45) is 0 Å². The Morgan fingerprint density at radius 2 is 1.81 bits per heavy atom. The number of nitrogens with zero attached hydrogens (tertiary/aromatic N) is 1. The van der Waals surface area contributed by atoms with Crippen LogP contribution < -0.4 is 9.47 Å². The van der Waals surface area contributed by atoms with Crippen molar-refractivity contribution in [3.8, 4) is 22.8 Å². The standard InChI is InChI=1S/C23H20F3NO5/c1-30-18-7-8-19(31-2)21-15(18)11-27(12-16(21)28)22(29)20-9-6-17(32-20)13-4-3-5-14(10-13)23(24,25)26/h3-10,16,28H,11-12H2,1-2H3. The molecule has 0 radical (unpaired) electrons. The average Bonchev–Trinajstić information content (AvgIpc) is 3.27. The Morgan fingerprint density at radius 1 is 1.09 bits per heavy atom. The summed E-state index contributed by atoms with van der Waals surface area (Å²) in [4.78, 5) is 14.4. The van der Waals surface area contributed by atoms with Crippen LogP contribution in [0.2, 0.25) is 0 Å². The maximum Gasteiger partial charge on any atom is 0.416 e. The van der Waals surface area contributed by atoms with Gasteiger partial charge in [-0.2, -0.15) is 13.2 Å². The van der Waals surface area contributed by atoms with Gasteiger partial charge >= 0.3 is 6.18 Å². The number of hydrogen-bond acceptors (Lipinski definition) is 5. The molecule has 9 heteroatoms. The highest BCUT2D eigenvalue weighted by atomic mass is 19.4. The first-order valence-corrected chi connectivity index (χ1v) is 9.71.